The van der Waals surface area contributed by atoms with Gasteiger partial charge in [0.1, 0.15) is 5.75 Å². The van der Waals surface area contributed by atoms with Gasteiger partial charge in [-0.2, -0.15) is 13.2 Å². The summed E-state index contributed by atoms with van der Waals surface area (Å²) < 4.78 is 61.2. The van der Waals surface area contributed by atoms with E-state index in [4.69, 9.17) is 15.0 Å². The molecule has 0 unspecified atom stereocenters. The monoisotopic (exact) mass is 302 g/mol. The minimum atomic E-state index is -5.08. The lowest BCUT2D eigenvalue weighted by molar-refractivity contribution is -0.192. The van der Waals surface area contributed by atoms with Gasteiger partial charge in [-0.3, -0.25) is 0 Å². The third kappa shape index (κ3) is 7.13. The van der Waals surface area contributed by atoms with Crippen LogP contribution in [0.1, 0.15) is 0 Å². The summed E-state index contributed by atoms with van der Waals surface area (Å²) in [6.07, 6.45) is -5.08. The van der Waals surface area contributed by atoms with E-state index in [-0.39, 0.29) is 5.75 Å². The molecule has 0 amide bonds. The van der Waals surface area contributed by atoms with Crippen LogP contribution in [0.5, 0.6) is 5.75 Å². The molecule has 2 N–H and O–H groups in total. The van der Waals surface area contributed by atoms with E-state index in [1.54, 1.807) is 0 Å². The molecule has 20 heavy (non-hydrogen) atoms. The van der Waals surface area contributed by atoms with Crippen molar-refractivity contribution in [2.45, 2.75) is 6.18 Å². The number of halogens is 5. The Morgan fingerprint density at radius 3 is 1.95 bits per heavy atom. The number of hydrogen-bond donors (Lipinski definition) is 2. The van der Waals surface area contributed by atoms with Gasteiger partial charge in [-0.05, 0) is 12.1 Å². The van der Waals surface area contributed by atoms with Crippen LogP contribution in [-0.2, 0) is 9.59 Å². The molecular formula is C10H7F5O5. The Bertz CT molecular complexity index is 485. The average Bonchev–Trinajstić information content (AvgIpc) is 2.30. The van der Waals surface area contributed by atoms with Crippen LogP contribution in [0.3, 0.4) is 0 Å². The Morgan fingerprint density at radius 1 is 1.10 bits per heavy atom. The van der Waals surface area contributed by atoms with Crippen molar-refractivity contribution in [1.82, 2.24) is 0 Å². The van der Waals surface area contributed by atoms with Crippen molar-refractivity contribution < 1.29 is 46.5 Å². The van der Waals surface area contributed by atoms with E-state index >= 15 is 0 Å². The van der Waals surface area contributed by atoms with Crippen LogP contribution in [0.2, 0.25) is 0 Å². The molecule has 5 nitrogen and oxygen atoms in total. The summed E-state index contributed by atoms with van der Waals surface area (Å²) in [6.45, 7) is -0.578. The molecule has 0 atom stereocenters. The van der Waals surface area contributed by atoms with E-state index in [0.717, 1.165) is 18.2 Å². The summed E-state index contributed by atoms with van der Waals surface area (Å²) in [6, 6.07) is 2.81. The molecule has 10 heteroatoms. The van der Waals surface area contributed by atoms with Gasteiger partial charge in [0, 0.05) is 6.07 Å². The number of carboxylic acid groups (broad SMARTS) is 2. The molecule has 0 aliphatic rings. The molecule has 0 radical (unpaired) electrons. The van der Waals surface area contributed by atoms with Crippen LogP contribution in [0.15, 0.2) is 18.2 Å². The van der Waals surface area contributed by atoms with Crippen LogP contribution < -0.4 is 4.74 Å². The van der Waals surface area contributed by atoms with Gasteiger partial charge in [-0.15, -0.1) is 0 Å². The number of benzene rings is 1. The molecule has 1 aromatic carbocycles. The molecule has 0 heterocycles. The molecular weight excluding hydrogens is 295 g/mol. The zero-order valence-corrected chi connectivity index (χ0v) is 9.45. The molecule has 1 aromatic rings. The number of alkyl halides is 3. The Balaban J connectivity index is 0.000000441. The zero-order chi connectivity index (χ0) is 15.9. The van der Waals surface area contributed by atoms with E-state index < -0.39 is 36.4 Å². The van der Waals surface area contributed by atoms with Crippen LogP contribution in [0.4, 0.5) is 22.0 Å². The first-order valence-electron chi connectivity index (χ1n) is 4.63. The van der Waals surface area contributed by atoms with Crippen molar-refractivity contribution in [3.05, 3.63) is 29.8 Å². The normalized spacial score (nSPS) is 10.2. The first kappa shape index (κ1) is 17.6. The summed E-state index contributed by atoms with van der Waals surface area (Å²) >= 11 is 0. The molecule has 0 saturated carbocycles. The summed E-state index contributed by atoms with van der Waals surface area (Å²) in [5.74, 6) is -6.01. The van der Waals surface area contributed by atoms with Crippen molar-refractivity contribution in [3.8, 4) is 5.75 Å². The molecule has 0 bridgehead atoms. The highest BCUT2D eigenvalue weighted by molar-refractivity contribution is 5.73. The van der Waals surface area contributed by atoms with Crippen LogP contribution >= 0.6 is 0 Å². The van der Waals surface area contributed by atoms with E-state index in [0.29, 0.717) is 0 Å². The van der Waals surface area contributed by atoms with Crippen molar-refractivity contribution in [2.24, 2.45) is 0 Å². The Hall–Kier alpha value is -2.39. The largest absolute Gasteiger partial charge is 0.490 e. The van der Waals surface area contributed by atoms with Gasteiger partial charge in [-0.25, -0.2) is 18.4 Å². The predicted molar refractivity (Wildman–Crippen MR) is 53.2 cm³/mol. The molecule has 0 aliphatic carbocycles. The van der Waals surface area contributed by atoms with E-state index in [1.807, 2.05) is 0 Å². The highest BCUT2D eigenvalue weighted by Gasteiger charge is 2.38. The third-order valence-electron chi connectivity index (χ3n) is 1.50. The minimum absolute atomic E-state index is 0.0127. The first-order chi connectivity index (χ1) is 9.04. The molecule has 0 fully saturated rings. The third-order valence-corrected chi connectivity index (χ3v) is 1.50. The lowest BCUT2D eigenvalue weighted by atomic mass is 10.3. The number of carbonyl (C=O) groups is 2. The average molecular weight is 302 g/mol. The molecule has 0 saturated heterocycles. The van der Waals surface area contributed by atoms with Gasteiger partial charge >= 0.3 is 18.1 Å². The van der Waals surface area contributed by atoms with Gasteiger partial charge in [-0.1, -0.05) is 0 Å². The van der Waals surface area contributed by atoms with E-state index in [2.05, 4.69) is 4.74 Å². The second-order valence-corrected chi connectivity index (χ2v) is 3.06. The fraction of sp³-hybridized carbons (Fsp3) is 0.200. The van der Waals surface area contributed by atoms with Gasteiger partial charge in [0.05, 0.1) is 0 Å². The SMILES string of the molecule is O=C(O)C(F)(F)F.O=C(O)COc1ccc(F)c(F)c1. The summed E-state index contributed by atoms with van der Waals surface area (Å²) in [5.41, 5.74) is 0. The number of rotatable bonds is 3. The standard InChI is InChI=1S/C8H6F2O3.C2HF3O2/c9-6-2-1-5(3-7(6)10)13-4-8(11)12;3-2(4,5)1(6)7/h1-3H,4H2,(H,11,12);(H,6,7). The van der Waals surface area contributed by atoms with Gasteiger partial charge < -0.3 is 14.9 Å². The van der Waals surface area contributed by atoms with Crippen LogP contribution in [0.25, 0.3) is 0 Å². The smallest absolute Gasteiger partial charge is 0.482 e. The Kier molecular flexibility index (Phi) is 6.39. The fourth-order valence-corrected chi connectivity index (χ4v) is 0.712. The first-order valence-corrected chi connectivity index (χ1v) is 4.63. The molecule has 0 spiro atoms. The fourth-order valence-electron chi connectivity index (χ4n) is 0.712. The van der Waals surface area contributed by atoms with Crippen molar-refractivity contribution in [3.63, 3.8) is 0 Å². The topological polar surface area (TPSA) is 83.8 Å². The number of ether oxygens (including phenoxy) is 1. The Morgan fingerprint density at radius 2 is 1.60 bits per heavy atom. The maximum Gasteiger partial charge on any atom is 0.490 e. The quantitative estimate of drug-likeness (QED) is 0.835. The molecule has 0 aliphatic heterocycles. The lowest BCUT2D eigenvalue weighted by Crippen LogP contribution is -2.21. The van der Waals surface area contributed by atoms with Gasteiger partial charge in [0.2, 0.25) is 0 Å². The van der Waals surface area contributed by atoms with E-state index in [9.17, 15) is 26.7 Å². The van der Waals surface area contributed by atoms with Crippen molar-refractivity contribution in [1.29, 1.82) is 0 Å². The maximum atomic E-state index is 12.5. The highest BCUT2D eigenvalue weighted by Crippen LogP contribution is 2.15. The lowest BCUT2D eigenvalue weighted by Gasteiger charge is -2.02. The second-order valence-electron chi connectivity index (χ2n) is 3.06. The summed E-state index contributed by atoms with van der Waals surface area (Å²) in [7, 11) is 0. The number of hydrogen-bond acceptors (Lipinski definition) is 3. The van der Waals surface area contributed by atoms with Gasteiger partial charge in [0.15, 0.2) is 18.2 Å². The van der Waals surface area contributed by atoms with Crippen LogP contribution in [0, 0.1) is 11.6 Å². The predicted octanol–water partition coefficient (Wildman–Crippen LogP) is 2.06. The highest BCUT2D eigenvalue weighted by atomic mass is 19.4. The molecule has 0 aromatic heterocycles. The van der Waals surface area contributed by atoms with E-state index in [1.165, 1.54) is 0 Å². The minimum Gasteiger partial charge on any atom is -0.482 e. The Labute approximate surface area is 108 Å². The molecule has 112 valence electrons. The summed E-state index contributed by atoms with van der Waals surface area (Å²) in [4.78, 5) is 18.9. The van der Waals surface area contributed by atoms with Crippen molar-refractivity contribution in [2.75, 3.05) is 6.61 Å². The molecule has 1 rings (SSSR count). The van der Waals surface area contributed by atoms with Gasteiger partial charge in [0.25, 0.3) is 0 Å². The second kappa shape index (κ2) is 7.26. The number of aliphatic carboxylic acids is 2. The summed E-state index contributed by atoms with van der Waals surface area (Å²) in [5, 5.41) is 15.3. The zero-order valence-electron chi connectivity index (χ0n) is 9.45. The van der Waals surface area contributed by atoms with Crippen molar-refractivity contribution >= 4 is 11.9 Å². The number of carboxylic acids is 2. The maximum absolute atomic E-state index is 12.5. The van der Waals surface area contributed by atoms with Crippen LogP contribution in [-0.4, -0.2) is 34.9 Å².